The van der Waals surface area contributed by atoms with Gasteiger partial charge in [0, 0.05) is 12.5 Å². The van der Waals surface area contributed by atoms with E-state index < -0.39 is 0 Å². The van der Waals surface area contributed by atoms with Crippen molar-refractivity contribution < 1.29 is 9.47 Å². The molecule has 2 aromatic carbocycles. The van der Waals surface area contributed by atoms with E-state index in [-0.39, 0.29) is 0 Å². The van der Waals surface area contributed by atoms with E-state index in [0.29, 0.717) is 0 Å². The Bertz CT molecular complexity index is 573. The molecule has 17 heavy (non-hydrogen) atoms. The minimum Gasteiger partial charge on any atom is -0.497 e. The number of aryl methyl sites for hydroxylation is 1. The molecule has 0 spiro atoms. The molecule has 2 nitrogen and oxygen atoms in total. The zero-order chi connectivity index (χ0) is 11.8. The number of benzene rings is 2. The first-order valence-electron chi connectivity index (χ1n) is 5.70. The lowest BCUT2D eigenvalue weighted by Gasteiger charge is -2.21. The third kappa shape index (κ3) is 1.76. The lowest BCUT2D eigenvalue weighted by Crippen LogP contribution is -2.03. The monoisotopic (exact) mass is 226 g/mol. The molecule has 0 N–H and O–H groups in total. The molecule has 0 unspecified atom stereocenters. The first-order chi connectivity index (χ1) is 8.26. The third-order valence-corrected chi connectivity index (χ3v) is 3.10. The summed E-state index contributed by atoms with van der Waals surface area (Å²) in [6.07, 6.45) is 0.926. The molecule has 0 radical (unpaired) electrons. The highest BCUT2D eigenvalue weighted by molar-refractivity contribution is 5.52. The van der Waals surface area contributed by atoms with E-state index in [1.54, 1.807) is 7.11 Å². The second-order valence-corrected chi connectivity index (χ2v) is 4.36. The summed E-state index contributed by atoms with van der Waals surface area (Å²) >= 11 is 0. The van der Waals surface area contributed by atoms with Gasteiger partial charge in [-0.15, -0.1) is 0 Å². The summed E-state index contributed by atoms with van der Waals surface area (Å²) in [6, 6.07) is 12.3. The van der Waals surface area contributed by atoms with Crippen molar-refractivity contribution in [3.05, 3.63) is 53.1 Å². The summed E-state index contributed by atoms with van der Waals surface area (Å²) in [4.78, 5) is 0. The van der Waals surface area contributed by atoms with Crippen molar-refractivity contribution in [2.45, 2.75) is 13.3 Å². The fourth-order valence-electron chi connectivity index (χ4n) is 2.13. The molecule has 2 aromatic rings. The van der Waals surface area contributed by atoms with Crippen molar-refractivity contribution in [3.8, 4) is 17.2 Å². The maximum Gasteiger partial charge on any atom is 0.134 e. The van der Waals surface area contributed by atoms with Gasteiger partial charge in [0.25, 0.3) is 0 Å². The largest absolute Gasteiger partial charge is 0.497 e. The van der Waals surface area contributed by atoms with E-state index >= 15 is 0 Å². The molecule has 1 heterocycles. The second-order valence-electron chi connectivity index (χ2n) is 4.36. The first kappa shape index (κ1) is 10.2. The standard InChI is InChI=1S/C15H14O2/c1-10-3-4-11-8-12-5-6-13(16-2)9-15(12)17-14(11)7-10/h3-7,9H,8H2,1-2H3. The fraction of sp³-hybridized carbons (Fsp3) is 0.200. The molecule has 0 saturated carbocycles. The Balaban J connectivity index is 2.05. The van der Waals surface area contributed by atoms with Crippen LogP contribution in [-0.2, 0) is 6.42 Å². The number of ether oxygens (including phenoxy) is 2. The SMILES string of the molecule is COc1ccc2c(c1)Oc1cc(C)ccc1C2. The lowest BCUT2D eigenvalue weighted by molar-refractivity contribution is 0.406. The van der Waals surface area contributed by atoms with Gasteiger partial charge in [0.2, 0.25) is 0 Å². The van der Waals surface area contributed by atoms with Gasteiger partial charge >= 0.3 is 0 Å². The Hall–Kier alpha value is -1.96. The molecule has 3 rings (SSSR count). The van der Waals surface area contributed by atoms with Crippen LogP contribution in [0.25, 0.3) is 0 Å². The zero-order valence-corrected chi connectivity index (χ0v) is 9.99. The summed E-state index contributed by atoms with van der Waals surface area (Å²) < 4.78 is 11.1. The van der Waals surface area contributed by atoms with Crippen LogP contribution in [0.5, 0.6) is 17.2 Å². The first-order valence-corrected chi connectivity index (χ1v) is 5.70. The molecule has 0 atom stereocenters. The van der Waals surface area contributed by atoms with E-state index in [2.05, 4.69) is 31.2 Å². The fourth-order valence-corrected chi connectivity index (χ4v) is 2.13. The highest BCUT2D eigenvalue weighted by atomic mass is 16.5. The van der Waals surface area contributed by atoms with Gasteiger partial charge in [-0.05, 0) is 35.7 Å². The van der Waals surface area contributed by atoms with Crippen LogP contribution in [-0.4, -0.2) is 7.11 Å². The Morgan fingerprint density at radius 3 is 2.47 bits per heavy atom. The molecule has 0 amide bonds. The van der Waals surface area contributed by atoms with E-state index in [9.17, 15) is 0 Å². The van der Waals surface area contributed by atoms with Gasteiger partial charge < -0.3 is 9.47 Å². The van der Waals surface area contributed by atoms with E-state index in [0.717, 1.165) is 23.7 Å². The Kier molecular flexibility index (Phi) is 2.29. The Labute approximate surface area is 101 Å². The van der Waals surface area contributed by atoms with Crippen LogP contribution < -0.4 is 9.47 Å². The molecule has 0 fully saturated rings. The Morgan fingerprint density at radius 2 is 1.71 bits per heavy atom. The summed E-state index contributed by atoms with van der Waals surface area (Å²) in [5, 5.41) is 0. The maximum absolute atomic E-state index is 5.92. The number of hydrogen-bond acceptors (Lipinski definition) is 2. The summed E-state index contributed by atoms with van der Waals surface area (Å²) in [7, 11) is 1.67. The highest BCUT2D eigenvalue weighted by Crippen LogP contribution is 2.38. The second kappa shape index (κ2) is 3.81. The van der Waals surface area contributed by atoms with Gasteiger partial charge in [-0.2, -0.15) is 0 Å². The molecule has 0 bridgehead atoms. The minimum absolute atomic E-state index is 0.833. The van der Waals surface area contributed by atoms with Crippen molar-refractivity contribution in [2.75, 3.05) is 7.11 Å². The van der Waals surface area contributed by atoms with Crippen LogP contribution in [0, 0.1) is 6.92 Å². The maximum atomic E-state index is 5.92. The number of fused-ring (bicyclic) bond motifs is 2. The van der Waals surface area contributed by atoms with Gasteiger partial charge in [-0.1, -0.05) is 18.2 Å². The van der Waals surface area contributed by atoms with Gasteiger partial charge in [0.05, 0.1) is 7.11 Å². The quantitative estimate of drug-likeness (QED) is 0.630. The average molecular weight is 226 g/mol. The van der Waals surface area contributed by atoms with Crippen LogP contribution >= 0.6 is 0 Å². The highest BCUT2D eigenvalue weighted by Gasteiger charge is 2.17. The van der Waals surface area contributed by atoms with Gasteiger partial charge in [0.15, 0.2) is 0 Å². The predicted octanol–water partition coefficient (Wildman–Crippen LogP) is 3.70. The molecule has 2 heteroatoms. The van der Waals surface area contributed by atoms with Gasteiger partial charge in [0.1, 0.15) is 17.2 Å². The van der Waals surface area contributed by atoms with E-state index in [1.807, 2.05) is 12.1 Å². The summed E-state index contributed by atoms with van der Waals surface area (Å²) in [5.41, 5.74) is 3.67. The molecule has 1 aliphatic rings. The molecular formula is C15H14O2. The molecular weight excluding hydrogens is 212 g/mol. The van der Waals surface area contributed by atoms with Crippen LogP contribution in [0.3, 0.4) is 0 Å². The van der Waals surface area contributed by atoms with Crippen LogP contribution in [0.2, 0.25) is 0 Å². The number of rotatable bonds is 1. The van der Waals surface area contributed by atoms with Crippen LogP contribution in [0.1, 0.15) is 16.7 Å². The normalized spacial score (nSPS) is 12.4. The summed E-state index contributed by atoms with van der Waals surface area (Å²) in [6.45, 7) is 2.07. The van der Waals surface area contributed by atoms with Crippen molar-refractivity contribution in [2.24, 2.45) is 0 Å². The van der Waals surface area contributed by atoms with Crippen molar-refractivity contribution >= 4 is 0 Å². The minimum atomic E-state index is 0.833. The average Bonchev–Trinajstić information content (AvgIpc) is 2.35. The van der Waals surface area contributed by atoms with E-state index in [4.69, 9.17) is 9.47 Å². The smallest absolute Gasteiger partial charge is 0.134 e. The third-order valence-electron chi connectivity index (χ3n) is 3.10. The van der Waals surface area contributed by atoms with Gasteiger partial charge in [-0.25, -0.2) is 0 Å². The van der Waals surface area contributed by atoms with Crippen molar-refractivity contribution in [1.29, 1.82) is 0 Å². The molecule has 0 aliphatic carbocycles. The van der Waals surface area contributed by atoms with Crippen molar-refractivity contribution in [1.82, 2.24) is 0 Å². The Morgan fingerprint density at radius 1 is 1.00 bits per heavy atom. The number of hydrogen-bond donors (Lipinski definition) is 0. The predicted molar refractivity (Wildman–Crippen MR) is 67.1 cm³/mol. The van der Waals surface area contributed by atoms with Crippen LogP contribution in [0.4, 0.5) is 0 Å². The van der Waals surface area contributed by atoms with E-state index in [1.165, 1.54) is 16.7 Å². The topological polar surface area (TPSA) is 18.5 Å². The van der Waals surface area contributed by atoms with Crippen LogP contribution in [0.15, 0.2) is 36.4 Å². The molecule has 0 aromatic heterocycles. The molecule has 0 saturated heterocycles. The van der Waals surface area contributed by atoms with Gasteiger partial charge in [-0.3, -0.25) is 0 Å². The lowest BCUT2D eigenvalue weighted by atomic mass is 9.99. The molecule has 1 aliphatic heterocycles. The van der Waals surface area contributed by atoms with Crippen molar-refractivity contribution in [3.63, 3.8) is 0 Å². The molecule has 86 valence electrons. The summed E-state index contributed by atoms with van der Waals surface area (Å²) in [5.74, 6) is 2.70. The zero-order valence-electron chi connectivity index (χ0n) is 9.99. The number of methoxy groups -OCH3 is 1.